The predicted octanol–water partition coefficient (Wildman–Crippen LogP) is 1.59. The number of likely N-dealkylation sites (N-methyl/N-ethyl adjacent to an activating group) is 1. The topological polar surface area (TPSA) is 203 Å². The van der Waals surface area contributed by atoms with Gasteiger partial charge in [-0.3, -0.25) is 43.8 Å². The van der Waals surface area contributed by atoms with Crippen LogP contribution in [0.25, 0.3) is 0 Å². The van der Waals surface area contributed by atoms with Crippen LogP contribution in [-0.2, 0) is 22.7 Å². The van der Waals surface area contributed by atoms with Gasteiger partial charge in [-0.25, -0.2) is 9.78 Å². The molecule has 4 saturated heterocycles. The molecule has 304 valence electrons. The van der Waals surface area contributed by atoms with E-state index in [1.54, 1.807) is 23.2 Å². The zero-order valence-corrected chi connectivity index (χ0v) is 32.6. The molecular formula is C40H48N12O6. The molecule has 18 nitrogen and oxygen atoms in total. The van der Waals surface area contributed by atoms with Crippen molar-refractivity contribution in [3.63, 3.8) is 0 Å². The molecular weight excluding hydrogens is 745 g/mol. The summed E-state index contributed by atoms with van der Waals surface area (Å²) >= 11 is 0. The number of anilines is 4. The molecule has 0 spiro atoms. The molecule has 18 heteroatoms. The Morgan fingerprint density at radius 2 is 1.69 bits per heavy atom. The Morgan fingerprint density at radius 1 is 0.879 bits per heavy atom. The van der Waals surface area contributed by atoms with Gasteiger partial charge in [-0.15, -0.1) is 0 Å². The second-order valence-corrected chi connectivity index (χ2v) is 16.3. The van der Waals surface area contributed by atoms with Crippen LogP contribution in [0.15, 0.2) is 36.5 Å². The second kappa shape index (κ2) is 15.0. The van der Waals surface area contributed by atoms with E-state index >= 15 is 0 Å². The minimum Gasteiger partial charge on any atom is -0.371 e. The number of amides is 7. The number of nitrogens with one attached hydrogen (secondary N) is 2. The lowest BCUT2D eigenvalue weighted by atomic mass is 9.95. The van der Waals surface area contributed by atoms with Crippen LogP contribution in [0.1, 0.15) is 75.4 Å². The predicted molar refractivity (Wildman–Crippen MR) is 212 cm³/mol. The number of urea groups is 1. The van der Waals surface area contributed by atoms with Crippen LogP contribution in [0.5, 0.6) is 0 Å². The highest BCUT2D eigenvalue weighted by Crippen LogP contribution is 2.34. The highest BCUT2D eigenvalue weighted by Gasteiger charge is 2.45. The lowest BCUT2D eigenvalue weighted by Crippen LogP contribution is -2.54. The fourth-order valence-corrected chi connectivity index (χ4v) is 9.44. The van der Waals surface area contributed by atoms with E-state index < -0.39 is 35.6 Å². The standard InChI is InChI=1S/C40H48N12O6/c1-46-13-15-50(40(46)58)26-3-2-10-49(23-26)27-18-31(35(36(41)54)42-20-27)43-33-19-28-22-47(14-16-51(28)45-33)21-24-8-11-48(12-9-24)25-4-5-29-30(17-25)39(57)52(38(29)56)32-6-7-34(53)44-37(32)55/h4-5,17-20,24,26,32H,2-3,6-16,21-23H2,1H3,(H2,41,54)(H,43,45)(H,44,53,55)/t26-,32?/m1/s1. The number of carbonyl (C=O) groups is 6. The molecule has 0 aliphatic carbocycles. The van der Waals surface area contributed by atoms with Gasteiger partial charge < -0.3 is 30.7 Å². The van der Waals surface area contributed by atoms with Gasteiger partial charge in [0.05, 0.1) is 47.0 Å². The Bertz CT molecular complexity index is 2200. The number of benzene rings is 1. The Kier molecular flexibility index (Phi) is 9.73. The van der Waals surface area contributed by atoms with Gasteiger partial charge in [0.1, 0.15) is 6.04 Å². The van der Waals surface area contributed by atoms with Crippen molar-refractivity contribution in [1.82, 2.24) is 39.7 Å². The number of primary amides is 1. The van der Waals surface area contributed by atoms with Crippen LogP contribution in [-0.4, -0.2) is 141 Å². The fourth-order valence-electron chi connectivity index (χ4n) is 9.44. The van der Waals surface area contributed by atoms with E-state index in [2.05, 4.69) is 30.3 Å². The number of carbonyl (C=O) groups excluding carboxylic acids is 6. The average molecular weight is 793 g/mol. The van der Waals surface area contributed by atoms with Crippen molar-refractivity contribution in [3.05, 3.63) is 59.0 Å². The zero-order chi connectivity index (χ0) is 40.2. The zero-order valence-electron chi connectivity index (χ0n) is 32.6. The molecule has 6 aliphatic rings. The lowest BCUT2D eigenvalue weighted by molar-refractivity contribution is -0.136. The number of nitrogens with two attached hydrogens (primary N) is 1. The normalized spacial score (nSPS) is 23.1. The summed E-state index contributed by atoms with van der Waals surface area (Å²) in [5, 5.41) is 10.4. The maximum absolute atomic E-state index is 13.4. The molecule has 2 aromatic heterocycles. The molecule has 3 aromatic rings. The van der Waals surface area contributed by atoms with Crippen molar-refractivity contribution in [1.29, 1.82) is 0 Å². The smallest absolute Gasteiger partial charge is 0.320 e. The summed E-state index contributed by atoms with van der Waals surface area (Å²) in [7, 11) is 1.84. The lowest BCUT2D eigenvalue weighted by Gasteiger charge is -2.38. The highest BCUT2D eigenvalue weighted by molar-refractivity contribution is 6.23. The van der Waals surface area contributed by atoms with E-state index in [-0.39, 0.29) is 36.2 Å². The summed E-state index contributed by atoms with van der Waals surface area (Å²) < 4.78 is 2.00. The summed E-state index contributed by atoms with van der Waals surface area (Å²) in [6, 6.07) is 8.42. The van der Waals surface area contributed by atoms with Crippen LogP contribution in [0.4, 0.5) is 27.7 Å². The van der Waals surface area contributed by atoms with Crippen molar-refractivity contribution in [3.8, 4) is 0 Å². The molecule has 7 amide bonds. The maximum atomic E-state index is 13.4. The molecule has 6 aliphatic heterocycles. The van der Waals surface area contributed by atoms with E-state index in [9.17, 15) is 28.8 Å². The fraction of sp³-hybridized carbons (Fsp3) is 0.500. The first-order valence-corrected chi connectivity index (χ1v) is 20.2. The maximum Gasteiger partial charge on any atom is 0.320 e. The average Bonchev–Trinajstić information content (AvgIpc) is 3.86. The number of hydrogen-bond acceptors (Lipinski definition) is 12. The van der Waals surface area contributed by atoms with Crippen LogP contribution in [0, 0.1) is 5.92 Å². The van der Waals surface area contributed by atoms with Crippen molar-refractivity contribution in [2.75, 3.05) is 74.5 Å². The summed E-state index contributed by atoms with van der Waals surface area (Å²) in [6.07, 6.45) is 5.72. The van der Waals surface area contributed by atoms with Crippen LogP contribution in [0.2, 0.25) is 0 Å². The molecule has 4 fully saturated rings. The van der Waals surface area contributed by atoms with Gasteiger partial charge in [0.25, 0.3) is 17.7 Å². The molecule has 0 radical (unpaired) electrons. The Hall–Kier alpha value is -6.04. The van der Waals surface area contributed by atoms with E-state index in [1.165, 1.54) is 0 Å². The minimum absolute atomic E-state index is 0.0684. The van der Waals surface area contributed by atoms with Crippen LogP contribution < -0.4 is 26.2 Å². The summed E-state index contributed by atoms with van der Waals surface area (Å²) in [5.74, 6) is -1.55. The Labute approximate surface area is 335 Å². The van der Waals surface area contributed by atoms with Crippen molar-refractivity contribution >= 4 is 58.4 Å². The van der Waals surface area contributed by atoms with Gasteiger partial charge >= 0.3 is 6.03 Å². The minimum atomic E-state index is -0.985. The number of nitrogens with zero attached hydrogens (tertiary/aromatic N) is 9. The van der Waals surface area contributed by atoms with E-state index in [0.717, 1.165) is 107 Å². The summed E-state index contributed by atoms with van der Waals surface area (Å²) in [4.78, 5) is 91.9. The van der Waals surface area contributed by atoms with Crippen LogP contribution >= 0.6 is 0 Å². The van der Waals surface area contributed by atoms with E-state index in [0.29, 0.717) is 29.5 Å². The van der Waals surface area contributed by atoms with Crippen LogP contribution in [0.3, 0.4) is 0 Å². The number of rotatable bonds is 9. The highest BCUT2D eigenvalue weighted by atomic mass is 16.2. The van der Waals surface area contributed by atoms with Gasteiger partial charge in [0.2, 0.25) is 11.8 Å². The summed E-state index contributed by atoms with van der Waals surface area (Å²) in [5.41, 5.74) is 9.77. The van der Waals surface area contributed by atoms with Crippen molar-refractivity contribution in [2.24, 2.45) is 11.7 Å². The molecule has 8 heterocycles. The molecule has 1 unspecified atom stereocenters. The third-order valence-corrected chi connectivity index (χ3v) is 12.6. The van der Waals surface area contributed by atoms with E-state index in [1.807, 2.05) is 34.8 Å². The van der Waals surface area contributed by atoms with Gasteiger partial charge in [-0.05, 0) is 62.3 Å². The number of aromatic nitrogens is 3. The SMILES string of the molecule is CN1CCN([C@@H]2CCCN(c3cnc(C(N)=O)c(Nc4cc5n(n4)CCN(CC4CCN(c6ccc7c(c6)C(=O)N(C6CCC(=O)NC6=O)C7=O)CC4)C5)c3)C2)C1=O. The summed E-state index contributed by atoms with van der Waals surface area (Å²) in [6.45, 7) is 7.85. The number of fused-ring (bicyclic) bond motifs is 2. The first-order valence-electron chi connectivity index (χ1n) is 20.2. The third-order valence-electron chi connectivity index (χ3n) is 12.6. The molecule has 2 atom stereocenters. The largest absolute Gasteiger partial charge is 0.371 e. The first-order chi connectivity index (χ1) is 28.0. The quantitative estimate of drug-likeness (QED) is 0.265. The number of piperidine rings is 3. The Balaban J connectivity index is 0.804. The van der Waals surface area contributed by atoms with Gasteiger partial charge in [-0.1, -0.05) is 0 Å². The third kappa shape index (κ3) is 6.98. The van der Waals surface area contributed by atoms with Crippen molar-refractivity contribution < 1.29 is 28.8 Å². The molecule has 1 aromatic carbocycles. The first kappa shape index (κ1) is 37.5. The number of hydrogen-bond donors (Lipinski definition) is 3. The molecule has 9 rings (SSSR count). The molecule has 4 N–H and O–H groups in total. The number of pyridine rings is 1. The molecule has 0 saturated carbocycles. The van der Waals surface area contributed by atoms with E-state index in [4.69, 9.17) is 10.8 Å². The van der Waals surface area contributed by atoms with Gasteiger partial charge in [0.15, 0.2) is 11.5 Å². The molecule has 58 heavy (non-hydrogen) atoms. The van der Waals surface area contributed by atoms with Gasteiger partial charge in [0, 0.05) is 84.1 Å². The monoisotopic (exact) mass is 792 g/mol. The van der Waals surface area contributed by atoms with Crippen molar-refractivity contribution in [2.45, 2.75) is 63.7 Å². The Morgan fingerprint density at radius 3 is 2.45 bits per heavy atom. The van der Waals surface area contributed by atoms with Gasteiger partial charge in [-0.2, -0.15) is 5.10 Å². The number of imide groups is 2. The second-order valence-electron chi connectivity index (χ2n) is 16.3. The molecule has 0 bridgehead atoms.